The van der Waals surface area contributed by atoms with Crippen LogP contribution in [0.25, 0.3) is 0 Å². The minimum absolute atomic E-state index is 0.00335. The second-order valence-corrected chi connectivity index (χ2v) is 7.17. The summed E-state index contributed by atoms with van der Waals surface area (Å²) < 4.78 is 14.1. The summed E-state index contributed by atoms with van der Waals surface area (Å²) in [5.74, 6) is -2.88. The van der Waals surface area contributed by atoms with Gasteiger partial charge in [0.2, 0.25) is 0 Å². The standard InChI is InChI=1S/C23H15ClFN3O4/c24-19-20(23(32)28(22(19)31)18-10-2-1-9-17(18)25)26-14-6-3-5-13(11-14)21(30)27-15-7-4-8-16(29)12-15/h1-12,26,29H,(H,27,30). The van der Waals surface area contributed by atoms with E-state index in [0.29, 0.717) is 16.3 Å². The van der Waals surface area contributed by atoms with Crippen molar-refractivity contribution in [1.29, 1.82) is 0 Å². The van der Waals surface area contributed by atoms with Crippen molar-refractivity contribution in [2.45, 2.75) is 0 Å². The molecule has 1 aliphatic rings. The van der Waals surface area contributed by atoms with Crippen LogP contribution < -0.4 is 15.5 Å². The van der Waals surface area contributed by atoms with Crippen molar-refractivity contribution in [3.05, 3.63) is 94.9 Å². The van der Waals surface area contributed by atoms with Gasteiger partial charge in [0, 0.05) is 23.0 Å². The van der Waals surface area contributed by atoms with Crippen molar-refractivity contribution in [1.82, 2.24) is 0 Å². The maximum atomic E-state index is 14.1. The molecule has 3 amide bonds. The summed E-state index contributed by atoms with van der Waals surface area (Å²) in [6, 6.07) is 17.6. The van der Waals surface area contributed by atoms with Gasteiger partial charge in [-0.3, -0.25) is 14.4 Å². The lowest BCUT2D eigenvalue weighted by Crippen LogP contribution is -2.33. The van der Waals surface area contributed by atoms with E-state index in [0.717, 1.165) is 6.07 Å². The SMILES string of the molecule is O=C(Nc1cccc(O)c1)c1cccc(NC2=C(Cl)C(=O)N(c3ccccc3F)C2=O)c1. The van der Waals surface area contributed by atoms with Gasteiger partial charge in [0.1, 0.15) is 22.3 Å². The highest BCUT2D eigenvalue weighted by molar-refractivity contribution is 6.53. The Labute approximate surface area is 186 Å². The summed E-state index contributed by atoms with van der Waals surface area (Å²) in [5, 5.41) is 14.5. The van der Waals surface area contributed by atoms with Crippen molar-refractivity contribution in [2.75, 3.05) is 15.5 Å². The summed E-state index contributed by atoms with van der Waals surface area (Å²) >= 11 is 6.07. The van der Waals surface area contributed by atoms with Gasteiger partial charge in [-0.15, -0.1) is 0 Å². The summed E-state index contributed by atoms with van der Waals surface area (Å²) in [6.07, 6.45) is 0. The molecule has 0 saturated heterocycles. The van der Waals surface area contributed by atoms with E-state index in [1.807, 2.05) is 0 Å². The molecule has 7 nitrogen and oxygen atoms in total. The van der Waals surface area contributed by atoms with Crippen LogP contribution in [0.5, 0.6) is 5.75 Å². The van der Waals surface area contributed by atoms with Crippen LogP contribution in [-0.2, 0) is 9.59 Å². The van der Waals surface area contributed by atoms with Gasteiger partial charge >= 0.3 is 0 Å². The Morgan fingerprint density at radius 3 is 2.38 bits per heavy atom. The molecule has 0 atom stereocenters. The second-order valence-electron chi connectivity index (χ2n) is 6.80. The van der Waals surface area contributed by atoms with E-state index < -0.39 is 28.6 Å². The molecular formula is C23H15ClFN3O4. The van der Waals surface area contributed by atoms with Gasteiger partial charge in [0.05, 0.1) is 5.69 Å². The number of rotatable bonds is 5. The number of phenolic OH excluding ortho intramolecular Hbond substituents is 1. The van der Waals surface area contributed by atoms with Crippen molar-refractivity contribution >= 4 is 46.4 Å². The fourth-order valence-electron chi connectivity index (χ4n) is 3.13. The van der Waals surface area contributed by atoms with Crippen molar-refractivity contribution in [3.8, 4) is 5.75 Å². The number of hydrogen-bond donors (Lipinski definition) is 3. The largest absolute Gasteiger partial charge is 0.508 e. The minimum Gasteiger partial charge on any atom is -0.508 e. The molecule has 9 heteroatoms. The maximum absolute atomic E-state index is 14.1. The zero-order valence-corrected chi connectivity index (χ0v) is 17.1. The van der Waals surface area contributed by atoms with Gasteiger partial charge in [-0.25, -0.2) is 9.29 Å². The Balaban J connectivity index is 1.55. The lowest BCUT2D eigenvalue weighted by molar-refractivity contribution is -0.120. The number of halogens is 2. The Bertz CT molecular complexity index is 1290. The number of carbonyl (C=O) groups excluding carboxylic acids is 3. The van der Waals surface area contributed by atoms with E-state index in [1.54, 1.807) is 30.3 Å². The van der Waals surface area contributed by atoms with Crippen LogP contribution in [0, 0.1) is 5.82 Å². The van der Waals surface area contributed by atoms with Crippen LogP contribution in [0.15, 0.2) is 83.5 Å². The van der Waals surface area contributed by atoms with Crippen LogP contribution in [0.2, 0.25) is 0 Å². The Morgan fingerprint density at radius 2 is 1.62 bits per heavy atom. The molecule has 160 valence electrons. The number of benzene rings is 3. The van der Waals surface area contributed by atoms with E-state index >= 15 is 0 Å². The molecule has 0 spiro atoms. The lowest BCUT2D eigenvalue weighted by Gasteiger charge is -2.15. The van der Waals surface area contributed by atoms with E-state index in [9.17, 15) is 23.9 Å². The Morgan fingerprint density at radius 1 is 0.906 bits per heavy atom. The smallest absolute Gasteiger partial charge is 0.283 e. The Hall–Kier alpha value is -4.17. The first-order chi connectivity index (χ1) is 15.3. The van der Waals surface area contributed by atoms with Gasteiger partial charge in [0.25, 0.3) is 17.7 Å². The number of imide groups is 1. The molecule has 3 aromatic rings. The number of anilines is 3. The monoisotopic (exact) mass is 451 g/mol. The molecule has 0 aliphatic carbocycles. The molecule has 0 aromatic heterocycles. The number of amides is 3. The predicted molar refractivity (Wildman–Crippen MR) is 118 cm³/mol. The number of para-hydroxylation sites is 1. The number of nitrogens with zero attached hydrogens (tertiary/aromatic N) is 1. The van der Waals surface area contributed by atoms with Crippen LogP contribution in [-0.4, -0.2) is 22.8 Å². The van der Waals surface area contributed by atoms with Crippen LogP contribution in [0.3, 0.4) is 0 Å². The van der Waals surface area contributed by atoms with E-state index in [-0.39, 0.29) is 22.7 Å². The molecule has 1 aliphatic heterocycles. The minimum atomic E-state index is -0.859. The van der Waals surface area contributed by atoms with Crippen molar-refractivity contribution < 1.29 is 23.9 Å². The highest BCUT2D eigenvalue weighted by Crippen LogP contribution is 2.31. The fraction of sp³-hybridized carbons (Fsp3) is 0. The third kappa shape index (κ3) is 4.03. The number of phenols is 1. The average Bonchev–Trinajstić information content (AvgIpc) is 2.98. The van der Waals surface area contributed by atoms with Gasteiger partial charge < -0.3 is 15.7 Å². The summed E-state index contributed by atoms with van der Waals surface area (Å²) in [5.41, 5.74) is 0.523. The zero-order chi connectivity index (χ0) is 22.8. The first-order valence-electron chi connectivity index (χ1n) is 9.35. The Kier molecular flexibility index (Phi) is 5.61. The highest BCUT2D eigenvalue weighted by atomic mass is 35.5. The quantitative estimate of drug-likeness (QED) is 0.504. The van der Waals surface area contributed by atoms with Gasteiger partial charge in [-0.05, 0) is 42.5 Å². The summed E-state index contributed by atoms with van der Waals surface area (Å²) in [4.78, 5) is 38.5. The molecule has 0 fully saturated rings. The van der Waals surface area contributed by atoms with E-state index in [2.05, 4.69) is 10.6 Å². The van der Waals surface area contributed by atoms with Crippen molar-refractivity contribution in [2.24, 2.45) is 0 Å². The first kappa shape index (κ1) is 21.1. The molecule has 3 N–H and O–H groups in total. The van der Waals surface area contributed by atoms with Crippen molar-refractivity contribution in [3.63, 3.8) is 0 Å². The lowest BCUT2D eigenvalue weighted by atomic mass is 10.1. The molecule has 0 bridgehead atoms. The number of carbonyl (C=O) groups is 3. The van der Waals surface area contributed by atoms with Gasteiger partial charge in [-0.2, -0.15) is 0 Å². The van der Waals surface area contributed by atoms with Crippen LogP contribution in [0.1, 0.15) is 10.4 Å². The molecular weight excluding hydrogens is 437 g/mol. The van der Waals surface area contributed by atoms with Gasteiger partial charge in [0.15, 0.2) is 0 Å². The number of aromatic hydroxyl groups is 1. The first-order valence-corrected chi connectivity index (χ1v) is 9.73. The summed E-state index contributed by atoms with van der Waals surface area (Å²) in [7, 11) is 0. The number of nitrogens with one attached hydrogen (secondary N) is 2. The van der Waals surface area contributed by atoms with E-state index in [1.165, 1.54) is 36.4 Å². The molecule has 1 heterocycles. The number of hydrogen-bond acceptors (Lipinski definition) is 5. The van der Waals surface area contributed by atoms with E-state index in [4.69, 9.17) is 11.6 Å². The molecule has 32 heavy (non-hydrogen) atoms. The molecule has 0 saturated carbocycles. The zero-order valence-electron chi connectivity index (χ0n) is 16.3. The topological polar surface area (TPSA) is 98.7 Å². The molecule has 0 unspecified atom stereocenters. The third-order valence-electron chi connectivity index (χ3n) is 4.62. The predicted octanol–water partition coefficient (Wildman–Crippen LogP) is 4.22. The normalized spacial score (nSPS) is 13.5. The maximum Gasteiger partial charge on any atom is 0.283 e. The third-order valence-corrected chi connectivity index (χ3v) is 4.97. The second kappa shape index (κ2) is 8.52. The highest BCUT2D eigenvalue weighted by Gasteiger charge is 2.40. The van der Waals surface area contributed by atoms with Crippen LogP contribution >= 0.6 is 11.6 Å². The average molecular weight is 452 g/mol. The fourth-order valence-corrected chi connectivity index (χ4v) is 3.35. The molecule has 0 radical (unpaired) electrons. The summed E-state index contributed by atoms with van der Waals surface area (Å²) in [6.45, 7) is 0. The molecule has 3 aromatic carbocycles. The van der Waals surface area contributed by atoms with Gasteiger partial charge in [-0.1, -0.05) is 35.9 Å². The molecule has 4 rings (SSSR count). The van der Waals surface area contributed by atoms with Crippen LogP contribution in [0.4, 0.5) is 21.5 Å².